The summed E-state index contributed by atoms with van der Waals surface area (Å²) < 4.78 is 0. The minimum atomic E-state index is -0.772. The van der Waals surface area contributed by atoms with E-state index in [2.05, 4.69) is 12.2 Å². The van der Waals surface area contributed by atoms with Gasteiger partial charge in [0.05, 0.1) is 6.04 Å². The maximum Gasteiger partial charge on any atom is 0.407 e. The maximum absolute atomic E-state index is 10.6. The van der Waals surface area contributed by atoms with Crippen molar-refractivity contribution in [1.82, 2.24) is 10.2 Å². The van der Waals surface area contributed by atoms with Gasteiger partial charge in [0.25, 0.3) is 0 Å². The highest BCUT2D eigenvalue weighted by molar-refractivity contribution is 5.66. The summed E-state index contributed by atoms with van der Waals surface area (Å²) in [5.74, 6) is 0.477. The van der Waals surface area contributed by atoms with Crippen molar-refractivity contribution in [3.8, 4) is 0 Å². The zero-order chi connectivity index (χ0) is 8.01. The van der Waals surface area contributed by atoms with E-state index in [1.54, 1.807) is 4.90 Å². The first-order valence-corrected chi connectivity index (χ1v) is 3.93. The van der Waals surface area contributed by atoms with Crippen LogP contribution in [0.5, 0.6) is 0 Å². The first-order valence-electron chi connectivity index (χ1n) is 3.93. The Kier molecular flexibility index (Phi) is 1.32. The van der Waals surface area contributed by atoms with E-state index in [-0.39, 0.29) is 6.04 Å². The molecule has 0 aromatic rings. The molecule has 2 N–H and O–H groups in total. The molecule has 11 heavy (non-hydrogen) atoms. The van der Waals surface area contributed by atoms with E-state index >= 15 is 0 Å². The molecule has 0 spiro atoms. The SMILES string of the molecule is CC1CN(C(=O)O)C2CNC12. The molecule has 3 unspecified atom stereocenters. The zero-order valence-corrected chi connectivity index (χ0v) is 6.45. The van der Waals surface area contributed by atoms with Crippen molar-refractivity contribution in [3.05, 3.63) is 0 Å². The number of rotatable bonds is 0. The van der Waals surface area contributed by atoms with Crippen molar-refractivity contribution in [1.29, 1.82) is 0 Å². The molecule has 2 aliphatic rings. The molecule has 0 aromatic heterocycles. The van der Waals surface area contributed by atoms with Crippen LogP contribution in [0.25, 0.3) is 0 Å². The Morgan fingerprint density at radius 3 is 2.73 bits per heavy atom. The standard InChI is InChI=1S/C7H12N2O2/c1-4-3-9(7(10)11)5-2-8-6(4)5/h4-6,8H,2-3H2,1H3,(H,10,11). The Bertz CT molecular complexity index is 195. The van der Waals surface area contributed by atoms with E-state index in [9.17, 15) is 4.79 Å². The molecule has 4 nitrogen and oxygen atoms in total. The molecule has 2 aliphatic heterocycles. The minimum Gasteiger partial charge on any atom is -0.465 e. The highest BCUT2D eigenvalue weighted by Crippen LogP contribution is 2.28. The largest absolute Gasteiger partial charge is 0.465 e. The monoisotopic (exact) mass is 156 g/mol. The third-order valence-corrected chi connectivity index (χ3v) is 2.72. The molecule has 62 valence electrons. The second-order valence-electron chi connectivity index (χ2n) is 3.41. The molecule has 2 heterocycles. The Hall–Kier alpha value is -0.770. The number of nitrogens with one attached hydrogen (secondary N) is 1. The van der Waals surface area contributed by atoms with E-state index in [1.165, 1.54) is 0 Å². The highest BCUT2D eigenvalue weighted by Gasteiger charge is 2.47. The fourth-order valence-electron chi connectivity index (χ4n) is 2.02. The molecular formula is C7H12N2O2. The molecule has 0 aromatic carbocycles. The molecule has 0 radical (unpaired) electrons. The van der Waals surface area contributed by atoms with Gasteiger partial charge in [-0.25, -0.2) is 4.79 Å². The summed E-state index contributed by atoms with van der Waals surface area (Å²) in [6.45, 7) is 3.62. The molecule has 0 bridgehead atoms. The van der Waals surface area contributed by atoms with Crippen molar-refractivity contribution in [3.63, 3.8) is 0 Å². The number of amides is 1. The summed E-state index contributed by atoms with van der Waals surface area (Å²) in [5, 5.41) is 12.0. The summed E-state index contributed by atoms with van der Waals surface area (Å²) >= 11 is 0. The summed E-state index contributed by atoms with van der Waals surface area (Å²) in [7, 11) is 0. The first kappa shape index (κ1) is 6.91. The molecule has 2 rings (SSSR count). The van der Waals surface area contributed by atoms with E-state index < -0.39 is 6.09 Å². The number of fused-ring (bicyclic) bond motifs is 1. The van der Waals surface area contributed by atoms with Gasteiger partial charge >= 0.3 is 6.09 Å². The van der Waals surface area contributed by atoms with E-state index in [0.717, 1.165) is 6.54 Å². The van der Waals surface area contributed by atoms with Crippen LogP contribution < -0.4 is 5.32 Å². The van der Waals surface area contributed by atoms with Gasteiger partial charge < -0.3 is 15.3 Å². The number of carboxylic acid groups (broad SMARTS) is 1. The Morgan fingerprint density at radius 2 is 2.45 bits per heavy atom. The Balaban J connectivity index is 2.10. The number of carbonyl (C=O) groups is 1. The quantitative estimate of drug-likeness (QED) is 0.517. The van der Waals surface area contributed by atoms with Crippen LogP contribution in [-0.4, -0.2) is 41.3 Å². The van der Waals surface area contributed by atoms with Crippen molar-refractivity contribution >= 4 is 6.09 Å². The number of hydrogen-bond acceptors (Lipinski definition) is 2. The molecular weight excluding hydrogens is 144 g/mol. The summed E-state index contributed by atoms with van der Waals surface area (Å²) in [4.78, 5) is 12.2. The smallest absolute Gasteiger partial charge is 0.407 e. The van der Waals surface area contributed by atoms with Crippen LogP contribution in [-0.2, 0) is 0 Å². The lowest BCUT2D eigenvalue weighted by Crippen LogP contribution is -2.61. The maximum atomic E-state index is 10.6. The number of hydrogen-bond donors (Lipinski definition) is 2. The lowest BCUT2D eigenvalue weighted by molar-refractivity contribution is 0.121. The van der Waals surface area contributed by atoms with E-state index in [0.29, 0.717) is 18.5 Å². The van der Waals surface area contributed by atoms with Crippen molar-refractivity contribution in [2.75, 3.05) is 13.1 Å². The van der Waals surface area contributed by atoms with Gasteiger partial charge in [-0.05, 0) is 5.92 Å². The van der Waals surface area contributed by atoms with Gasteiger partial charge in [0.15, 0.2) is 0 Å². The number of likely N-dealkylation sites (tertiary alicyclic amines) is 1. The van der Waals surface area contributed by atoms with Gasteiger partial charge in [-0.2, -0.15) is 0 Å². The van der Waals surface area contributed by atoms with E-state index in [4.69, 9.17) is 5.11 Å². The van der Waals surface area contributed by atoms with Gasteiger partial charge in [0.2, 0.25) is 0 Å². The minimum absolute atomic E-state index is 0.252. The summed E-state index contributed by atoms with van der Waals surface area (Å²) in [5.41, 5.74) is 0. The van der Waals surface area contributed by atoms with Crippen LogP contribution in [0.1, 0.15) is 6.92 Å². The molecule has 2 fully saturated rings. The summed E-state index contributed by atoms with van der Waals surface area (Å²) in [6.07, 6.45) is -0.772. The predicted molar refractivity (Wildman–Crippen MR) is 39.5 cm³/mol. The van der Waals surface area contributed by atoms with Crippen LogP contribution in [0.15, 0.2) is 0 Å². The fraction of sp³-hybridized carbons (Fsp3) is 0.857. The average molecular weight is 156 g/mol. The third kappa shape index (κ3) is 0.822. The fourth-order valence-corrected chi connectivity index (χ4v) is 2.02. The van der Waals surface area contributed by atoms with Gasteiger partial charge in [-0.3, -0.25) is 0 Å². The zero-order valence-electron chi connectivity index (χ0n) is 6.45. The Morgan fingerprint density at radius 1 is 1.73 bits per heavy atom. The first-order chi connectivity index (χ1) is 5.20. The van der Waals surface area contributed by atoms with Crippen LogP contribution in [0.3, 0.4) is 0 Å². The van der Waals surface area contributed by atoms with Crippen molar-refractivity contribution in [2.24, 2.45) is 5.92 Å². The molecule has 4 heteroatoms. The highest BCUT2D eigenvalue weighted by atomic mass is 16.4. The molecule has 3 atom stereocenters. The van der Waals surface area contributed by atoms with Gasteiger partial charge in [0.1, 0.15) is 0 Å². The van der Waals surface area contributed by atoms with Gasteiger partial charge in [-0.1, -0.05) is 6.92 Å². The number of nitrogens with zero attached hydrogens (tertiary/aromatic N) is 1. The average Bonchev–Trinajstić information content (AvgIpc) is 2.02. The lowest BCUT2D eigenvalue weighted by atomic mass is 9.94. The van der Waals surface area contributed by atoms with Gasteiger partial charge in [0, 0.05) is 19.1 Å². The molecule has 1 amide bonds. The lowest BCUT2D eigenvalue weighted by Gasteiger charge is -2.36. The Labute approximate surface area is 65.2 Å². The topological polar surface area (TPSA) is 52.6 Å². The van der Waals surface area contributed by atoms with Crippen LogP contribution >= 0.6 is 0 Å². The molecule has 2 saturated heterocycles. The van der Waals surface area contributed by atoms with Crippen molar-refractivity contribution in [2.45, 2.75) is 19.0 Å². The third-order valence-electron chi connectivity index (χ3n) is 2.72. The van der Waals surface area contributed by atoms with E-state index in [1.807, 2.05) is 0 Å². The summed E-state index contributed by atoms with van der Waals surface area (Å²) in [6, 6.07) is 0.675. The normalized spacial score (nSPS) is 41.5. The second kappa shape index (κ2) is 2.11. The second-order valence-corrected chi connectivity index (χ2v) is 3.41. The van der Waals surface area contributed by atoms with Gasteiger partial charge in [-0.15, -0.1) is 0 Å². The van der Waals surface area contributed by atoms with Crippen LogP contribution in [0.2, 0.25) is 0 Å². The predicted octanol–water partition coefficient (Wildman–Crippen LogP) is -0.0435. The molecule has 0 saturated carbocycles. The van der Waals surface area contributed by atoms with Crippen LogP contribution in [0.4, 0.5) is 4.79 Å². The van der Waals surface area contributed by atoms with Crippen molar-refractivity contribution < 1.29 is 9.90 Å². The van der Waals surface area contributed by atoms with Crippen LogP contribution in [0, 0.1) is 5.92 Å². The molecule has 0 aliphatic carbocycles.